The largest absolute Gasteiger partial charge is 0.455 e. The summed E-state index contributed by atoms with van der Waals surface area (Å²) in [5.74, 6) is -0.757. The summed E-state index contributed by atoms with van der Waals surface area (Å²) < 4.78 is 5.09. The molecule has 2 atom stereocenters. The van der Waals surface area contributed by atoms with Crippen LogP contribution in [0.1, 0.15) is 56.7 Å². The molecule has 0 aliphatic heterocycles. The third-order valence-electron chi connectivity index (χ3n) is 4.69. The fourth-order valence-corrected chi connectivity index (χ4v) is 2.88. The zero-order valence-electron chi connectivity index (χ0n) is 17.1. The first-order chi connectivity index (χ1) is 13.9. The first-order valence-corrected chi connectivity index (χ1v) is 9.76. The van der Waals surface area contributed by atoms with Gasteiger partial charge in [0, 0.05) is 12.6 Å². The van der Waals surface area contributed by atoms with Crippen molar-refractivity contribution < 1.29 is 19.1 Å². The number of rotatable bonds is 9. The van der Waals surface area contributed by atoms with Crippen LogP contribution in [0.2, 0.25) is 0 Å². The molecule has 29 heavy (non-hydrogen) atoms. The van der Waals surface area contributed by atoms with Crippen molar-refractivity contribution in [3.63, 3.8) is 0 Å². The summed E-state index contributed by atoms with van der Waals surface area (Å²) in [6, 6.07) is 16.3. The van der Waals surface area contributed by atoms with E-state index in [1.165, 1.54) is 12.5 Å². The number of hydrogen-bond donors (Lipinski definition) is 2. The van der Waals surface area contributed by atoms with Crippen molar-refractivity contribution >= 4 is 23.5 Å². The van der Waals surface area contributed by atoms with Gasteiger partial charge in [0.25, 0.3) is 5.91 Å². The highest BCUT2D eigenvalue weighted by Gasteiger charge is 2.18. The Hall–Kier alpha value is -3.15. The SMILES string of the molecule is CC[C@@H](C)c1ccc(NC(=O)COC(=O)C[C@H](NC(C)=O)c2ccccc2)cc1. The second-order valence-electron chi connectivity index (χ2n) is 7.01. The standard InChI is InChI=1S/C23H28N2O4/c1-4-16(2)18-10-12-20(13-11-18)25-22(27)15-29-23(28)14-21(24-17(3)26)19-8-6-5-7-9-19/h5-13,16,21H,4,14-15H2,1-3H3,(H,24,26)(H,25,27)/t16-,21+/m1/s1. The predicted molar refractivity (Wildman–Crippen MR) is 112 cm³/mol. The quantitative estimate of drug-likeness (QED) is 0.629. The molecule has 0 fully saturated rings. The Balaban J connectivity index is 1.85. The van der Waals surface area contributed by atoms with Crippen molar-refractivity contribution in [3.05, 3.63) is 65.7 Å². The molecule has 2 aromatic rings. The topological polar surface area (TPSA) is 84.5 Å². The first kappa shape index (κ1) is 22.1. The summed E-state index contributed by atoms with van der Waals surface area (Å²) in [6.45, 7) is 5.29. The molecule has 0 radical (unpaired) electrons. The zero-order valence-corrected chi connectivity index (χ0v) is 17.1. The van der Waals surface area contributed by atoms with E-state index in [0.717, 1.165) is 12.0 Å². The lowest BCUT2D eigenvalue weighted by Gasteiger charge is -2.17. The number of anilines is 1. The second kappa shape index (κ2) is 11.0. The van der Waals surface area contributed by atoms with E-state index >= 15 is 0 Å². The van der Waals surface area contributed by atoms with E-state index in [0.29, 0.717) is 11.6 Å². The molecule has 0 saturated carbocycles. The van der Waals surface area contributed by atoms with Crippen LogP contribution in [0.25, 0.3) is 0 Å². The van der Waals surface area contributed by atoms with Gasteiger partial charge in [-0.05, 0) is 35.6 Å². The lowest BCUT2D eigenvalue weighted by atomic mass is 9.99. The Labute approximate surface area is 171 Å². The highest BCUT2D eigenvalue weighted by molar-refractivity contribution is 5.92. The number of nitrogens with one attached hydrogen (secondary N) is 2. The van der Waals surface area contributed by atoms with Crippen LogP contribution in [0.5, 0.6) is 0 Å². The fraction of sp³-hybridized carbons (Fsp3) is 0.348. The first-order valence-electron chi connectivity index (χ1n) is 9.76. The number of esters is 1. The number of amides is 2. The van der Waals surface area contributed by atoms with Crippen LogP contribution < -0.4 is 10.6 Å². The predicted octanol–water partition coefficient (Wildman–Crippen LogP) is 3.95. The van der Waals surface area contributed by atoms with Gasteiger partial charge in [0.15, 0.2) is 6.61 Å². The molecule has 6 nitrogen and oxygen atoms in total. The maximum atomic E-state index is 12.2. The van der Waals surface area contributed by atoms with E-state index in [1.807, 2.05) is 54.6 Å². The van der Waals surface area contributed by atoms with Crippen LogP contribution in [-0.4, -0.2) is 24.4 Å². The second-order valence-corrected chi connectivity index (χ2v) is 7.01. The number of ether oxygens (including phenoxy) is 1. The van der Waals surface area contributed by atoms with Crippen molar-refractivity contribution in [1.29, 1.82) is 0 Å². The molecule has 0 bridgehead atoms. The van der Waals surface area contributed by atoms with Crippen LogP contribution in [0, 0.1) is 0 Å². The van der Waals surface area contributed by atoms with Gasteiger partial charge in [-0.3, -0.25) is 14.4 Å². The number of carbonyl (C=O) groups is 3. The molecule has 0 saturated heterocycles. The lowest BCUT2D eigenvalue weighted by molar-refractivity contribution is -0.148. The maximum Gasteiger partial charge on any atom is 0.308 e. The average Bonchev–Trinajstić information content (AvgIpc) is 2.72. The van der Waals surface area contributed by atoms with Gasteiger partial charge in [0.1, 0.15) is 0 Å². The molecule has 0 aliphatic carbocycles. The molecule has 0 spiro atoms. The lowest BCUT2D eigenvalue weighted by Crippen LogP contribution is -2.29. The molecular weight excluding hydrogens is 368 g/mol. The van der Waals surface area contributed by atoms with Crippen LogP contribution in [0.15, 0.2) is 54.6 Å². The molecular formula is C23H28N2O4. The normalized spacial score (nSPS) is 12.5. The van der Waals surface area contributed by atoms with Gasteiger partial charge in [-0.25, -0.2) is 0 Å². The van der Waals surface area contributed by atoms with Gasteiger partial charge in [0.2, 0.25) is 5.91 Å². The van der Waals surface area contributed by atoms with Gasteiger partial charge in [-0.1, -0.05) is 56.3 Å². The average molecular weight is 396 g/mol. The molecule has 0 heterocycles. The Kier molecular flexibility index (Phi) is 8.40. The number of benzene rings is 2. The van der Waals surface area contributed by atoms with Crippen molar-refractivity contribution in [2.75, 3.05) is 11.9 Å². The Bertz CT molecular complexity index is 819. The Morgan fingerprint density at radius 1 is 0.966 bits per heavy atom. The molecule has 0 aliphatic rings. The highest BCUT2D eigenvalue weighted by atomic mass is 16.5. The van der Waals surface area contributed by atoms with Crippen molar-refractivity contribution in [2.24, 2.45) is 0 Å². The molecule has 2 rings (SSSR count). The van der Waals surface area contributed by atoms with E-state index in [2.05, 4.69) is 24.5 Å². The van der Waals surface area contributed by atoms with Crippen LogP contribution in [-0.2, 0) is 19.1 Å². The maximum absolute atomic E-state index is 12.2. The van der Waals surface area contributed by atoms with Crippen molar-refractivity contribution in [3.8, 4) is 0 Å². The van der Waals surface area contributed by atoms with Gasteiger partial charge >= 0.3 is 5.97 Å². The van der Waals surface area contributed by atoms with Crippen LogP contribution >= 0.6 is 0 Å². The molecule has 2 N–H and O–H groups in total. The number of hydrogen-bond acceptors (Lipinski definition) is 4. The molecule has 2 aromatic carbocycles. The summed E-state index contributed by atoms with van der Waals surface area (Å²) in [6.07, 6.45) is 0.991. The van der Waals surface area contributed by atoms with E-state index in [-0.39, 0.29) is 18.9 Å². The van der Waals surface area contributed by atoms with E-state index in [1.54, 1.807) is 0 Å². The van der Waals surface area contributed by atoms with E-state index < -0.39 is 17.9 Å². The van der Waals surface area contributed by atoms with E-state index in [4.69, 9.17) is 4.74 Å². The minimum atomic E-state index is -0.560. The monoisotopic (exact) mass is 396 g/mol. The third kappa shape index (κ3) is 7.41. The molecule has 2 amide bonds. The fourth-order valence-electron chi connectivity index (χ4n) is 2.88. The van der Waals surface area contributed by atoms with Gasteiger partial charge in [-0.2, -0.15) is 0 Å². The summed E-state index contributed by atoms with van der Waals surface area (Å²) in [5.41, 5.74) is 2.66. The van der Waals surface area contributed by atoms with Gasteiger partial charge in [0.05, 0.1) is 12.5 Å². The Morgan fingerprint density at radius 3 is 2.21 bits per heavy atom. The molecule has 0 unspecified atom stereocenters. The number of carbonyl (C=O) groups excluding carboxylic acids is 3. The summed E-state index contributed by atoms with van der Waals surface area (Å²) >= 11 is 0. The third-order valence-corrected chi connectivity index (χ3v) is 4.69. The van der Waals surface area contributed by atoms with E-state index in [9.17, 15) is 14.4 Å². The van der Waals surface area contributed by atoms with Gasteiger partial charge in [-0.15, -0.1) is 0 Å². The Morgan fingerprint density at radius 2 is 1.62 bits per heavy atom. The molecule has 6 heteroatoms. The summed E-state index contributed by atoms with van der Waals surface area (Å²) in [4.78, 5) is 35.7. The summed E-state index contributed by atoms with van der Waals surface area (Å²) in [5, 5.41) is 5.45. The van der Waals surface area contributed by atoms with Gasteiger partial charge < -0.3 is 15.4 Å². The summed E-state index contributed by atoms with van der Waals surface area (Å²) in [7, 11) is 0. The van der Waals surface area contributed by atoms with Crippen LogP contribution in [0.4, 0.5) is 5.69 Å². The molecule has 0 aromatic heterocycles. The highest BCUT2D eigenvalue weighted by Crippen LogP contribution is 2.20. The zero-order chi connectivity index (χ0) is 21.2. The minimum Gasteiger partial charge on any atom is -0.455 e. The van der Waals surface area contributed by atoms with Crippen molar-refractivity contribution in [2.45, 2.75) is 45.6 Å². The smallest absolute Gasteiger partial charge is 0.308 e. The van der Waals surface area contributed by atoms with Crippen LogP contribution in [0.3, 0.4) is 0 Å². The molecule has 154 valence electrons. The van der Waals surface area contributed by atoms with Crippen molar-refractivity contribution in [1.82, 2.24) is 5.32 Å². The minimum absolute atomic E-state index is 0.0551.